The van der Waals surface area contributed by atoms with E-state index in [1.165, 1.54) is 0 Å². The second-order valence-corrected chi connectivity index (χ2v) is 6.59. The predicted octanol–water partition coefficient (Wildman–Crippen LogP) is 3.64. The number of hydrogen-bond acceptors (Lipinski definition) is 4. The number of hydrogen-bond donors (Lipinski definition) is 1. The van der Waals surface area contributed by atoms with Crippen LogP contribution in [0.2, 0.25) is 0 Å². The zero-order chi connectivity index (χ0) is 17.1. The lowest BCUT2D eigenvalue weighted by molar-refractivity contribution is -0.120. The van der Waals surface area contributed by atoms with Gasteiger partial charge in [-0.15, -0.1) is 0 Å². The van der Waals surface area contributed by atoms with Gasteiger partial charge < -0.3 is 14.8 Å². The van der Waals surface area contributed by atoms with Crippen molar-refractivity contribution in [3.05, 3.63) is 52.5 Å². The molecule has 1 N–H and O–H groups in total. The van der Waals surface area contributed by atoms with Gasteiger partial charge in [-0.25, -0.2) is 0 Å². The van der Waals surface area contributed by atoms with E-state index < -0.39 is 0 Å². The Bertz CT molecular complexity index is 751. The lowest BCUT2D eigenvalue weighted by Crippen LogP contribution is -2.39. The largest absolute Gasteiger partial charge is 0.454 e. The Kier molecular flexibility index (Phi) is 5.06. The van der Waals surface area contributed by atoms with Crippen molar-refractivity contribution >= 4 is 27.5 Å². The topological polar surface area (TPSA) is 50.8 Å². The summed E-state index contributed by atoms with van der Waals surface area (Å²) in [6.07, 6.45) is 0. The molecule has 2 aromatic rings. The SMILES string of the molecule is CC(C(=O)Nc1ccc2c(c1)OCO2)N(C)Cc1ccccc1Br. The van der Waals surface area contributed by atoms with Gasteiger partial charge in [0, 0.05) is 22.8 Å². The van der Waals surface area contributed by atoms with E-state index in [9.17, 15) is 4.79 Å². The molecule has 5 nitrogen and oxygen atoms in total. The van der Waals surface area contributed by atoms with Gasteiger partial charge in [0.15, 0.2) is 11.5 Å². The summed E-state index contributed by atoms with van der Waals surface area (Å²) < 4.78 is 11.6. The minimum atomic E-state index is -0.275. The molecule has 2 aromatic carbocycles. The highest BCUT2D eigenvalue weighted by Gasteiger charge is 2.20. The zero-order valence-electron chi connectivity index (χ0n) is 13.6. The number of carbonyl (C=O) groups excluding carboxylic acids is 1. The van der Waals surface area contributed by atoms with Crippen LogP contribution < -0.4 is 14.8 Å². The summed E-state index contributed by atoms with van der Waals surface area (Å²) >= 11 is 3.54. The molecule has 0 fully saturated rings. The molecule has 1 aliphatic heterocycles. The molecule has 0 saturated heterocycles. The Labute approximate surface area is 149 Å². The Morgan fingerprint density at radius 1 is 1.25 bits per heavy atom. The lowest BCUT2D eigenvalue weighted by atomic mass is 10.2. The maximum atomic E-state index is 12.5. The molecule has 1 heterocycles. The molecule has 0 radical (unpaired) electrons. The summed E-state index contributed by atoms with van der Waals surface area (Å²) in [5.41, 5.74) is 1.84. The van der Waals surface area contributed by atoms with Crippen LogP contribution in [0.25, 0.3) is 0 Å². The Morgan fingerprint density at radius 2 is 2.00 bits per heavy atom. The van der Waals surface area contributed by atoms with Gasteiger partial charge in [0.1, 0.15) is 0 Å². The number of carbonyl (C=O) groups is 1. The highest BCUT2D eigenvalue weighted by molar-refractivity contribution is 9.10. The van der Waals surface area contributed by atoms with Crippen LogP contribution in [0, 0.1) is 0 Å². The van der Waals surface area contributed by atoms with Gasteiger partial charge >= 0.3 is 0 Å². The third-order valence-electron chi connectivity index (χ3n) is 4.06. The van der Waals surface area contributed by atoms with Crippen molar-refractivity contribution in [2.75, 3.05) is 19.2 Å². The molecule has 6 heteroatoms. The molecule has 1 unspecified atom stereocenters. The third-order valence-corrected chi connectivity index (χ3v) is 4.83. The number of benzene rings is 2. The van der Waals surface area contributed by atoms with Gasteiger partial charge in [-0.05, 0) is 37.7 Å². The summed E-state index contributed by atoms with van der Waals surface area (Å²) in [6, 6.07) is 13.1. The van der Waals surface area contributed by atoms with Crippen LogP contribution >= 0.6 is 15.9 Å². The number of likely N-dealkylation sites (N-methyl/N-ethyl adjacent to an activating group) is 1. The van der Waals surface area contributed by atoms with Crippen LogP contribution in [-0.4, -0.2) is 30.7 Å². The van der Waals surface area contributed by atoms with E-state index in [-0.39, 0.29) is 18.7 Å². The van der Waals surface area contributed by atoms with Gasteiger partial charge in [0.2, 0.25) is 12.7 Å². The maximum Gasteiger partial charge on any atom is 0.241 e. The molecule has 24 heavy (non-hydrogen) atoms. The number of fused-ring (bicyclic) bond motifs is 1. The summed E-state index contributed by atoms with van der Waals surface area (Å²) in [5, 5.41) is 2.92. The molecule has 1 aliphatic rings. The van der Waals surface area contributed by atoms with Gasteiger partial charge in [-0.1, -0.05) is 34.1 Å². The number of amides is 1. The Hall–Kier alpha value is -2.05. The van der Waals surface area contributed by atoms with Crippen molar-refractivity contribution in [1.29, 1.82) is 0 Å². The molecule has 1 amide bonds. The first kappa shape index (κ1) is 16.8. The molecule has 0 aliphatic carbocycles. The van der Waals surface area contributed by atoms with Crippen molar-refractivity contribution in [2.24, 2.45) is 0 Å². The van der Waals surface area contributed by atoms with E-state index in [1.807, 2.05) is 49.2 Å². The highest BCUT2D eigenvalue weighted by Crippen LogP contribution is 2.34. The smallest absolute Gasteiger partial charge is 0.241 e. The average Bonchev–Trinajstić information content (AvgIpc) is 3.03. The van der Waals surface area contributed by atoms with Crippen LogP contribution in [0.3, 0.4) is 0 Å². The zero-order valence-corrected chi connectivity index (χ0v) is 15.2. The number of ether oxygens (including phenoxy) is 2. The molecule has 1 atom stereocenters. The van der Waals surface area contributed by atoms with E-state index in [0.717, 1.165) is 10.0 Å². The molecule has 126 valence electrons. The minimum Gasteiger partial charge on any atom is -0.454 e. The second kappa shape index (κ2) is 7.23. The Balaban J connectivity index is 1.63. The fourth-order valence-corrected chi connectivity index (χ4v) is 2.86. The van der Waals surface area contributed by atoms with Gasteiger partial charge in [0.25, 0.3) is 0 Å². The van der Waals surface area contributed by atoms with E-state index in [4.69, 9.17) is 9.47 Å². The quantitative estimate of drug-likeness (QED) is 0.846. The molecule has 0 saturated carbocycles. The van der Waals surface area contributed by atoms with Crippen LogP contribution in [0.4, 0.5) is 5.69 Å². The lowest BCUT2D eigenvalue weighted by Gasteiger charge is -2.24. The van der Waals surface area contributed by atoms with Crippen LogP contribution in [0.1, 0.15) is 12.5 Å². The number of nitrogens with zero attached hydrogens (tertiary/aromatic N) is 1. The Morgan fingerprint density at radius 3 is 2.79 bits per heavy atom. The molecule has 0 spiro atoms. The molecule has 0 aromatic heterocycles. The van der Waals surface area contributed by atoms with Crippen molar-refractivity contribution in [1.82, 2.24) is 4.90 Å². The summed E-state index contributed by atoms with van der Waals surface area (Å²) in [6.45, 7) is 2.79. The van der Waals surface area contributed by atoms with Gasteiger partial charge in [-0.3, -0.25) is 9.69 Å². The molecule has 3 rings (SSSR count). The number of nitrogens with one attached hydrogen (secondary N) is 1. The van der Waals surface area contributed by atoms with Crippen LogP contribution in [0.5, 0.6) is 11.5 Å². The molecular weight excluding hydrogens is 372 g/mol. The predicted molar refractivity (Wildman–Crippen MR) is 96.3 cm³/mol. The van der Waals surface area contributed by atoms with Gasteiger partial charge in [-0.2, -0.15) is 0 Å². The normalized spacial score (nSPS) is 13.8. The first-order valence-corrected chi connectivity index (χ1v) is 8.48. The van der Waals surface area contributed by atoms with E-state index >= 15 is 0 Å². The van der Waals surface area contributed by atoms with E-state index in [0.29, 0.717) is 23.7 Å². The monoisotopic (exact) mass is 390 g/mol. The number of anilines is 1. The second-order valence-electron chi connectivity index (χ2n) is 5.74. The first-order valence-electron chi connectivity index (χ1n) is 7.69. The van der Waals surface area contributed by atoms with Crippen LogP contribution in [0.15, 0.2) is 46.9 Å². The molecule has 0 bridgehead atoms. The first-order chi connectivity index (χ1) is 11.5. The maximum absolute atomic E-state index is 12.5. The fourth-order valence-electron chi connectivity index (χ4n) is 2.45. The third kappa shape index (κ3) is 3.71. The number of rotatable bonds is 5. The van der Waals surface area contributed by atoms with Crippen molar-refractivity contribution in [3.63, 3.8) is 0 Å². The van der Waals surface area contributed by atoms with E-state index in [1.54, 1.807) is 12.1 Å². The fraction of sp³-hybridized carbons (Fsp3) is 0.278. The van der Waals surface area contributed by atoms with Crippen molar-refractivity contribution < 1.29 is 14.3 Å². The van der Waals surface area contributed by atoms with Crippen LogP contribution in [-0.2, 0) is 11.3 Å². The standard InChI is InChI=1S/C18H19BrN2O3/c1-12(21(2)10-13-5-3-4-6-15(13)19)18(22)20-14-7-8-16-17(9-14)24-11-23-16/h3-9,12H,10-11H2,1-2H3,(H,20,22). The van der Waals surface area contributed by atoms with E-state index in [2.05, 4.69) is 21.2 Å². The van der Waals surface area contributed by atoms with Crippen molar-refractivity contribution in [2.45, 2.75) is 19.5 Å². The summed E-state index contributed by atoms with van der Waals surface area (Å²) in [4.78, 5) is 14.5. The average molecular weight is 391 g/mol. The summed E-state index contributed by atoms with van der Waals surface area (Å²) in [7, 11) is 1.93. The van der Waals surface area contributed by atoms with Crippen molar-refractivity contribution in [3.8, 4) is 11.5 Å². The highest BCUT2D eigenvalue weighted by atomic mass is 79.9. The molecular formula is C18H19BrN2O3. The minimum absolute atomic E-state index is 0.0663. The summed E-state index contributed by atoms with van der Waals surface area (Å²) in [5.74, 6) is 1.29. The number of halogens is 1. The van der Waals surface area contributed by atoms with Gasteiger partial charge in [0.05, 0.1) is 6.04 Å².